The molecule has 6 nitrogen and oxygen atoms in total. The van der Waals surface area contributed by atoms with Crippen molar-refractivity contribution < 1.29 is 42.9 Å². The number of aliphatic imine (C=N–C) groups is 1. The second-order valence-corrected chi connectivity index (χ2v) is 6.36. The summed E-state index contributed by atoms with van der Waals surface area (Å²) < 4.78 is 31.0. The van der Waals surface area contributed by atoms with Crippen molar-refractivity contribution in [3.63, 3.8) is 0 Å². The van der Waals surface area contributed by atoms with Gasteiger partial charge < -0.3 is 14.8 Å². The quantitative estimate of drug-likeness (QED) is 0.352. The van der Waals surface area contributed by atoms with Crippen LogP contribution in [0, 0.1) is 6.07 Å². The summed E-state index contributed by atoms with van der Waals surface area (Å²) in [6.45, 7) is 1.97. The van der Waals surface area contributed by atoms with Crippen LogP contribution in [0.2, 0.25) is 0 Å². The molecule has 2 rings (SSSR count). The van der Waals surface area contributed by atoms with Crippen LogP contribution in [-0.2, 0) is 36.8 Å². The molecule has 0 aromatic heterocycles. The monoisotopic (exact) mass is 543 g/mol. The Morgan fingerprint density at radius 1 is 1.20 bits per heavy atom. The van der Waals surface area contributed by atoms with E-state index in [4.69, 9.17) is 14.4 Å². The molecular weight excluding hydrogens is 522 g/mol. The van der Waals surface area contributed by atoms with Gasteiger partial charge in [-0.3, -0.25) is 4.55 Å². The minimum absolute atomic E-state index is 0. The Labute approximate surface area is 161 Å². The predicted molar refractivity (Wildman–Crippen MR) is 93.5 cm³/mol. The van der Waals surface area contributed by atoms with Crippen molar-refractivity contribution in [3.05, 3.63) is 59.7 Å². The molecule has 2 N–H and O–H groups in total. The van der Waals surface area contributed by atoms with Crippen LogP contribution in [0.15, 0.2) is 47.5 Å². The zero-order valence-corrected chi connectivity index (χ0v) is 17.3. The maximum Gasteiger partial charge on any atom is 0.261 e. The summed E-state index contributed by atoms with van der Waals surface area (Å²) >= 11 is 0. The third kappa shape index (κ3) is 10.1. The number of aliphatic hydroxyl groups excluding tert-OH is 1. The van der Waals surface area contributed by atoms with Crippen LogP contribution < -0.4 is 4.74 Å². The van der Waals surface area contributed by atoms with Crippen molar-refractivity contribution in [3.8, 4) is 5.75 Å². The second-order valence-electron chi connectivity index (χ2n) is 4.90. The molecule has 0 unspecified atom stereocenters. The van der Waals surface area contributed by atoms with Gasteiger partial charge in [-0.15, -0.1) is 35.4 Å². The molecule has 0 heterocycles. The molecule has 139 valence electrons. The van der Waals surface area contributed by atoms with Gasteiger partial charge in [0.2, 0.25) is 0 Å². The zero-order valence-electron chi connectivity index (χ0n) is 14.1. The SMILES string of the molecule is COc1ccc(N=C(C)c2[c-]cc(CO)cc2)cc1.CS(=O)(=O)O.[Ir]. The van der Waals surface area contributed by atoms with Crippen LogP contribution in [0.4, 0.5) is 5.69 Å². The van der Waals surface area contributed by atoms with Crippen molar-refractivity contribution in [1.29, 1.82) is 0 Å². The van der Waals surface area contributed by atoms with Crippen LogP contribution >= 0.6 is 0 Å². The summed E-state index contributed by atoms with van der Waals surface area (Å²) in [4.78, 5) is 4.53. The number of rotatable bonds is 4. The van der Waals surface area contributed by atoms with Crippen LogP contribution in [-0.4, -0.2) is 37.2 Å². The number of hydrogen-bond acceptors (Lipinski definition) is 5. The van der Waals surface area contributed by atoms with E-state index in [-0.39, 0.29) is 26.7 Å². The minimum Gasteiger partial charge on any atom is -0.497 e. The molecule has 0 amide bonds. The molecule has 0 aliphatic carbocycles. The summed E-state index contributed by atoms with van der Waals surface area (Å²) in [5.41, 5.74) is 3.53. The number of benzene rings is 2. The Morgan fingerprint density at radius 3 is 2.16 bits per heavy atom. The molecule has 0 fully saturated rings. The summed E-state index contributed by atoms with van der Waals surface area (Å²) in [5.74, 6) is 0.815. The molecule has 0 aliphatic rings. The normalized spacial score (nSPS) is 11.0. The zero-order chi connectivity index (χ0) is 18.2. The topological polar surface area (TPSA) is 96.2 Å². The van der Waals surface area contributed by atoms with Crippen molar-refractivity contribution >= 4 is 21.5 Å². The largest absolute Gasteiger partial charge is 0.497 e. The summed E-state index contributed by atoms with van der Waals surface area (Å²) in [6, 6.07) is 16.3. The van der Waals surface area contributed by atoms with Gasteiger partial charge in [-0.1, -0.05) is 6.92 Å². The first kappa shape index (κ1) is 23.4. The van der Waals surface area contributed by atoms with Crippen LogP contribution in [0.25, 0.3) is 0 Å². The Hall–Kier alpha value is -1.57. The molecule has 1 radical (unpaired) electrons. The van der Waals surface area contributed by atoms with Crippen molar-refractivity contribution in [1.82, 2.24) is 0 Å². The summed E-state index contributed by atoms with van der Waals surface area (Å²) in [5, 5.41) is 8.99. The third-order valence-electron chi connectivity index (χ3n) is 2.82. The van der Waals surface area contributed by atoms with Gasteiger partial charge in [0.25, 0.3) is 10.1 Å². The Balaban J connectivity index is 0.000000848. The molecule has 0 atom stereocenters. The third-order valence-corrected chi connectivity index (χ3v) is 2.82. The van der Waals surface area contributed by atoms with E-state index in [0.29, 0.717) is 6.26 Å². The molecule has 2 aromatic rings. The molecule has 0 bridgehead atoms. The van der Waals surface area contributed by atoms with E-state index in [0.717, 1.165) is 28.3 Å². The Morgan fingerprint density at radius 2 is 1.76 bits per heavy atom. The van der Waals surface area contributed by atoms with Crippen molar-refractivity contribution in [2.24, 2.45) is 4.99 Å². The molecular formula is C17H20IrNO5S-. The van der Waals surface area contributed by atoms with E-state index in [9.17, 15) is 8.42 Å². The molecule has 2 aromatic carbocycles. The van der Waals surface area contributed by atoms with E-state index >= 15 is 0 Å². The second kappa shape index (κ2) is 11.1. The first-order chi connectivity index (χ1) is 11.2. The summed E-state index contributed by atoms with van der Waals surface area (Å²) in [6.07, 6.45) is 0.715. The van der Waals surface area contributed by atoms with Crippen molar-refractivity contribution in [2.45, 2.75) is 13.5 Å². The van der Waals surface area contributed by atoms with Gasteiger partial charge in [-0.2, -0.15) is 8.42 Å². The minimum atomic E-state index is -3.67. The number of nitrogens with zero attached hydrogens (tertiary/aromatic N) is 1. The standard InChI is InChI=1S/C16H16NO2.CH4O3S.Ir/c1-12(14-5-3-13(11-18)4-6-14)17-15-7-9-16(19-2)10-8-15;1-5(2,3)4;/h3-5,7-10,18H,11H2,1-2H3;1H3,(H,2,3,4);/q-1;;. The molecule has 0 spiro atoms. The van der Waals surface area contributed by atoms with Gasteiger partial charge in [0.1, 0.15) is 5.75 Å². The van der Waals surface area contributed by atoms with Gasteiger partial charge in [-0.05, 0) is 30.0 Å². The molecule has 0 aliphatic heterocycles. The molecule has 8 heteroatoms. The van der Waals surface area contributed by atoms with E-state index in [1.165, 1.54) is 0 Å². The van der Waals surface area contributed by atoms with Crippen LogP contribution in [0.3, 0.4) is 0 Å². The maximum absolute atomic E-state index is 9.19. The fourth-order valence-corrected chi connectivity index (χ4v) is 1.69. The average molecular weight is 543 g/mol. The maximum atomic E-state index is 9.19. The fraction of sp³-hybridized carbons (Fsp3) is 0.235. The van der Waals surface area contributed by atoms with E-state index < -0.39 is 10.1 Å². The van der Waals surface area contributed by atoms with E-state index in [1.807, 2.05) is 43.3 Å². The first-order valence-electron chi connectivity index (χ1n) is 6.96. The first-order valence-corrected chi connectivity index (χ1v) is 8.81. The van der Waals surface area contributed by atoms with E-state index in [1.54, 1.807) is 13.2 Å². The van der Waals surface area contributed by atoms with Crippen LogP contribution in [0.5, 0.6) is 5.75 Å². The fourth-order valence-electron chi connectivity index (χ4n) is 1.69. The Bertz CT molecular complexity index is 764. The van der Waals surface area contributed by atoms with Gasteiger partial charge >= 0.3 is 0 Å². The van der Waals surface area contributed by atoms with Gasteiger partial charge in [-0.25, -0.2) is 0 Å². The van der Waals surface area contributed by atoms with Gasteiger partial charge in [0, 0.05) is 26.7 Å². The predicted octanol–water partition coefficient (Wildman–Crippen LogP) is 2.63. The number of aliphatic hydroxyl groups is 1. The van der Waals surface area contributed by atoms with Gasteiger partial charge in [0.05, 0.1) is 19.1 Å². The summed E-state index contributed by atoms with van der Waals surface area (Å²) in [7, 11) is -2.03. The molecule has 0 saturated carbocycles. The van der Waals surface area contributed by atoms with Gasteiger partial charge in [0.15, 0.2) is 0 Å². The number of methoxy groups -OCH3 is 1. The van der Waals surface area contributed by atoms with Crippen LogP contribution in [0.1, 0.15) is 18.1 Å². The molecule has 0 saturated heterocycles. The average Bonchev–Trinajstić information content (AvgIpc) is 2.54. The number of ether oxygens (including phenoxy) is 1. The smallest absolute Gasteiger partial charge is 0.261 e. The van der Waals surface area contributed by atoms with E-state index in [2.05, 4.69) is 11.1 Å². The number of hydrogen-bond donors (Lipinski definition) is 2. The molecule has 25 heavy (non-hydrogen) atoms. The Kier molecular flexibility index (Phi) is 10.4. The van der Waals surface area contributed by atoms with Crippen molar-refractivity contribution in [2.75, 3.05) is 13.4 Å².